The summed E-state index contributed by atoms with van der Waals surface area (Å²) in [6.07, 6.45) is 10.2. The Balaban J connectivity index is 0.00000160. The molecule has 0 fully saturated rings. The van der Waals surface area contributed by atoms with Crippen molar-refractivity contribution < 1.29 is 45.7 Å². The van der Waals surface area contributed by atoms with Gasteiger partial charge in [-0.05, 0) is 0 Å². The second-order valence-electron chi connectivity index (χ2n) is 8.74. The van der Waals surface area contributed by atoms with Crippen molar-refractivity contribution in [2.75, 3.05) is 0 Å². The average Bonchev–Trinajstić information content (AvgIpc) is 3.32. The van der Waals surface area contributed by atoms with Gasteiger partial charge in [0.25, 0.3) is 0 Å². The van der Waals surface area contributed by atoms with Gasteiger partial charge in [-0.3, -0.25) is 0 Å². The van der Waals surface area contributed by atoms with E-state index in [4.69, 9.17) is 0 Å². The Labute approximate surface area is 204 Å². The van der Waals surface area contributed by atoms with Gasteiger partial charge >= 0.3 is 181 Å². The smallest absolute Gasteiger partial charge is 1.00 e. The molecule has 0 aromatic heterocycles. The van der Waals surface area contributed by atoms with E-state index in [2.05, 4.69) is 90.1 Å². The fraction of sp³-hybridized carbons (Fsp3) is 0.385. The first-order valence-corrected chi connectivity index (χ1v) is 20.2. The molecule has 159 valence electrons. The van der Waals surface area contributed by atoms with Crippen LogP contribution in [0.5, 0.6) is 0 Å². The van der Waals surface area contributed by atoms with Gasteiger partial charge in [0.05, 0.1) is 0 Å². The van der Waals surface area contributed by atoms with Crippen molar-refractivity contribution in [2.24, 2.45) is 0 Å². The minimum Gasteiger partial charge on any atom is -1.00 e. The predicted octanol–water partition coefficient (Wildman–Crippen LogP) is 1.15. The summed E-state index contributed by atoms with van der Waals surface area (Å²) < 4.78 is 1.55. The summed E-state index contributed by atoms with van der Waals surface area (Å²) in [5.41, 5.74) is 12.5. The largest absolute Gasteiger partial charge is 1.00 e. The van der Waals surface area contributed by atoms with Crippen molar-refractivity contribution in [3.8, 4) is 0 Å². The van der Waals surface area contributed by atoms with Gasteiger partial charge in [0.15, 0.2) is 0 Å². The molecule has 2 atom stereocenters. The molecule has 30 heavy (non-hydrogen) atoms. The third-order valence-corrected chi connectivity index (χ3v) is 33.2. The fourth-order valence-corrected chi connectivity index (χ4v) is 31.9. The van der Waals surface area contributed by atoms with E-state index in [0.717, 1.165) is 7.25 Å². The van der Waals surface area contributed by atoms with Crippen molar-refractivity contribution in [3.63, 3.8) is 0 Å². The van der Waals surface area contributed by atoms with E-state index in [1.807, 2.05) is 0 Å². The van der Waals surface area contributed by atoms with Gasteiger partial charge < -0.3 is 24.8 Å². The normalized spacial score (nSPS) is 18.1. The first-order chi connectivity index (χ1) is 13.5. The third-order valence-electron chi connectivity index (χ3n) is 7.15. The molecule has 0 saturated heterocycles. The number of allylic oxidation sites excluding steroid dienone is 2. The van der Waals surface area contributed by atoms with Gasteiger partial charge in [-0.25, -0.2) is 0 Å². The standard InChI is InChI=1S/2C11H11.C4H11Si.2ClH.Zr/c2*1-8-6-7-9(2)11-5-3-4-10(8)11;1-3-5-4-2;;;/h2*3-7H,1-2H3;5H,3-4H2,1-2H3;2*1H;/q;;;;;+2/p-2. The van der Waals surface area contributed by atoms with Crippen molar-refractivity contribution in [3.05, 3.63) is 80.9 Å². The van der Waals surface area contributed by atoms with E-state index in [0.29, 0.717) is 0 Å². The Bertz CT molecular complexity index is 902. The molecule has 2 aliphatic rings. The molecule has 2 aliphatic carbocycles. The second kappa shape index (κ2) is 10.5. The summed E-state index contributed by atoms with van der Waals surface area (Å²) in [6, 6.07) is 12.3. The Kier molecular flexibility index (Phi) is 9.03. The van der Waals surface area contributed by atoms with E-state index < -0.39 is 26.8 Å². The van der Waals surface area contributed by atoms with Crippen molar-refractivity contribution >= 4 is 18.1 Å². The third kappa shape index (κ3) is 4.27. The molecule has 0 saturated carbocycles. The van der Waals surface area contributed by atoms with E-state index >= 15 is 0 Å². The van der Waals surface area contributed by atoms with Crippen LogP contribution < -0.4 is 24.8 Å². The number of hydrogen-bond donors (Lipinski definition) is 0. The van der Waals surface area contributed by atoms with Crippen LogP contribution in [0.3, 0.4) is 0 Å². The first kappa shape index (κ1) is 25.9. The van der Waals surface area contributed by atoms with E-state index in [1.165, 1.54) is 34.3 Å². The number of aryl methyl sites for hydroxylation is 4. The van der Waals surface area contributed by atoms with Crippen molar-refractivity contribution in [2.45, 2.75) is 60.9 Å². The topological polar surface area (TPSA) is 0 Å². The van der Waals surface area contributed by atoms with Gasteiger partial charge in [0, 0.05) is 0 Å². The Morgan fingerprint density at radius 1 is 0.667 bits per heavy atom. The molecule has 2 unspecified atom stereocenters. The maximum atomic E-state index is 2.64. The summed E-state index contributed by atoms with van der Waals surface area (Å²) in [7, 11) is 0. The van der Waals surface area contributed by atoms with Crippen LogP contribution in [0, 0.1) is 27.7 Å². The molecule has 0 aliphatic heterocycles. The molecule has 4 rings (SSSR count). The summed E-state index contributed by atoms with van der Waals surface area (Å²) in [6.45, 7) is 14.3. The van der Waals surface area contributed by atoms with Crippen LogP contribution >= 0.6 is 0 Å². The number of fused-ring (bicyclic) bond motifs is 2. The van der Waals surface area contributed by atoms with Crippen LogP contribution in [0.15, 0.2) is 36.4 Å². The summed E-state index contributed by atoms with van der Waals surface area (Å²) in [5, 5.41) is 0. The Morgan fingerprint density at radius 3 is 1.40 bits per heavy atom. The van der Waals surface area contributed by atoms with Gasteiger partial charge in [-0.2, -0.15) is 0 Å². The number of hydrogen-bond acceptors (Lipinski definition) is 0. The zero-order valence-corrected chi connectivity index (χ0v) is 24.1. The summed E-state index contributed by atoms with van der Waals surface area (Å²) in [5.74, 6) is -0.709. The maximum Gasteiger partial charge on any atom is -1.00 e. The van der Waals surface area contributed by atoms with Gasteiger partial charge in [-0.1, -0.05) is 0 Å². The molecule has 0 N–H and O–H groups in total. The molecule has 0 spiro atoms. The van der Waals surface area contributed by atoms with Crippen LogP contribution in [0.2, 0.25) is 12.1 Å². The quantitative estimate of drug-likeness (QED) is 0.504. The molecule has 4 heteroatoms. The molecule has 2 aromatic rings. The van der Waals surface area contributed by atoms with E-state index in [9.17, 15) is 0 Å². The number of benzene rings is 2. The first-order valence-electron chi connectivity index (χ1n) is 10.9. The molecule has 0 amide bonds. The molecule has 0 radical (unpaired) electrons. The summed E-state index contributed by atoms with van der Waals surface area (Å²) >= 11 is -1.82. The molecular formula is C26H33Cl2SiZr. The van der Waals surface area contributed by atoms with Crippen molar-refractivity contribution in [1.82, 2.24) is 0 Å². The minimum absolute atomic E-state index is 0. The van der Waals surface area contributed by atoms with Crippen molar-refractivity contribution in [1.29, 1.82) is 0 Å². The van der Waals surface area contributed by atoms with Crippen LogP contribution in [0.1, 0.15) is 65.6 Å². The van der Waals surface area contributed by atoms with E-state index in [1.54, 1.807) is 22.3 Å². The van der Waals surface area contributed by atoms with Crippen LogP contribution in [-0.2, 0) is 20.9 Å². The monoisotopic (exact) mass is 533 g/mol. The predicted molar refractivity (Wildman–Crippen MR) is 123 cm³/mol. The average molecular weight is 536 g/mol. The van der Waals surface area contributed by atoms with Crippen LogP contribution in [-0.4, -0.2) is 5.92 Å². The molecule has 0 nitrogen and oxygen atoms in total. The van der Waals surface area contributed by atoms with Crippen LogP contribution in [0.25, 0.3) is 12.2 Å². The fourth-order valence-electron chi connectivity index (χ4n) is 5.57. The van der Waals surface area contributed by atoms with E-state index in [-0.39, 0.29) is 24.8 Å². The van der Waals surface area contributed by atoms with Gasteiger partial charge in [0.2, 0.25) is 0 Å². The minimum atomic E-state index is -1.82. The molecule has 0 bridgehead atoms. The Morgan fingerprint density at radius 2 is 1.03 bits per heavy atom. The second-order valence-corrected chi connectivity index (χ2v) is 27.2. The summed E-state index contributed by atoms with van der Waals surface area (Å²) in [4.78, 5) is 0. The zero-order chi connectivity index (χ0) is 20.0. The molecular weight excluding hydrogens is 503 g/mol. The van der Waals surface area contributed by atoms with Crippen LogP contribution in [0.4, 0.5) is 0 Å². The SMILES string of the molecule is CC[SiH](CC)[Zr+2]([CH]1C=Cc2c(C)ccc(C)c21)[CH]1C=Cc2c(C)ccc(C)c21.[Cl-].[Cl-]. The molecule has 2 aromatic carbocycles. The molecule has 0 heterocycles. The number of rotatable bonds is 5. The van der Waals surface area contributed by atoms with Gasteiger partial charge in [0.1, 0.15) is 0 Å². The zero-order valence-electron chi connectivity index (χ0n) is 19.0. The maximum absolute atomic E-state index is 2.64. The Hall–Kier alpha value is -0.400. The number of halogens is 2. The van der Waals surface area contributed by atoms with Gasteiger partial charge in [-0.15, -0.1) is 0 Å².